The number of alkyl halides is 3. The van der Waals surface area contributed by atoms with Crippen LogP contribution in [0.15, 0.2) is 18.3 Å². The molecule has 6 heteroatoms. The third-order valence-electron chi connectivity index (χ3n) is 2.09. The summed E-state index contributed by atoms with van der Waals surface area (Å²) < 4.78 is 36.5. The molecule has 0 fully saturated rings. The zero-order valence-corrected chi connectivity index (χ0v) is 7.60. The van der Waals surface area contributed by atoms with Gasteiger partial charge in [0, 0.05) is 11.1 Å². The van der Waals surface area contributed by atoms with Gasteiger partial charge in [0.1, 0.15) is 0 Å². The number of halogens is 3. The Bertz CT molecular complexity index is 487. The van der Waals surface area contributed by atoms with Crippen LogP contribution in [0.4, 0.5) is 18.9 Å². The minimum atomic E-state index is -4.25. The quantitative estimate of drug-likeness (QED) is 0.717. The maximum absolute atomic E-state index is 12.2. The summed E-state index contributed by atoms with van der Waals surface area (Å²) in [6.45, 7) is 0. The fourth-order valence-electron chi connectivity index (χ4n) is 1.42. The molecule has 2 rings (SSSR count). The van der Waals surface area contributed by atoms with E-state index in [4.69, 9.17) is 5.73 Å². The molecule has 0 aliphatic heterocycles. The highest BCUT2D eigenvalue weighted by atomic mass is 19.4. The van der Waals surface area contributed by atoms with Crippen LogP contribution in [0.1, 0.15) is 5.56 Å². The number of H-pyrrole nitrogens is 1. The van der Waals surface area contributed by atoms with E-state index in [1.807, 2.05) is 0 Å². The van der Waals surface area contributed by atoms with Crippen molar-refractivity contribution < 1.29 is 13.2 Å². The van der Waals surface area contributed by atoms with Gasteiger partial charge in [0.25, 0.3) is 0 Å². The van der Waals surface area contributed by atoms with Crippen LogP contribution >= 0.6 is 0 Å². The first-order chi connectivity index (χ1) is 6.96. The fraction of sp³-hybridized carbons (Fsp3) is 0.222. The maximum atomic E-state index is 12.2. The van der Waals surface area contributed by atoms with Gasteiger partial charge in [0.2, 0.25) is 0 Å². The van der Waals surface area contributed by atoms with Gasteiger partial charge in [0.15, 0.2) is 0 Å². The third kappa shape index (κ3) is 2.03. The van der Waals surface area contributed by atoms with Crippen LogP contribution in [0.2, 0.25) is 0 Å². The molecule has 0 unspecified atom stereocenters. The minimum Gasteiger partial charge on any atom is -0.398 e. The lowest BCUT2D eigenvalue weighted by Gasteiger charge is -2.08. The van der Waals surface area contributed by atoms with Gasteiger partial charge in [-0.15, -0.1) is 0 Å². The van der Waals surface area contributed by atoms with E-state index in [0.717, 1.165) is 0 Å². The average molecular weight is 215 g/mol. The summed E-state index contributed by atoms with van der Waals surface area (Å²) in [6.07, 6.45) is -3.75. The molecule has 0 saturated carbocycles. The summed E-state index contributed by atoms with van der Waals surface area (Å²) in [6, 6.07) is 2.87. The lowest BCUT2D eigenvalue weighted by atomic mass is 10.1. The Morgan fingerprint density at radius 3 is 2.73 bits per heavy atom. The van der Waals surface area contributed by atoms with E-state index in [0.29, 0.717) is 10.9 Å². The molecule has 80 valence electrons. The van der Waals surface area contributed by atoms with Gasteiger partial charge in [-0.2, -0.15) is 18.3 Å². The van der Waals surface area contributed by atoms with E-state index in [2.05, 4.69) is 10.2 Å². The van der Waals surface area contributed by atoms with Crippen molar-refractivity contribution in [2.45, 2.75) is 12.6 Å². The van der Waals surface area contributed by atoms with Crippen molar-refractivity contribution in [1.29, 1.82) is 0 Å². The van der Waals surface area contributed by atoms with E-state index < -0.39 is 12.6 Å². The molecule has 0 saturated heterocycles. The first-order valence-electron chi connectivity index (χ1n) is 4.24. The number of nitrogens with two attached hydrogens (primary N) is 1. The van der Waals surface area contributed by atoms with Crippen molar-refractivity contribution >= 4 is 16.6 Å². The van der Waals surface area contributed by atoms with Crippen molar-refractivity contribution in [3.8, 4) is 0 Å². The van der Waals surface area contributed by atoms with Crippen LogP contribution in [0.25, 0.3) is 10.9 Å². The number of nitrogens with zero attached hydrogens (tertiary/aromatic N) is 1. The second-order valence-electron chi connectivity index (χ2n) is 3.30. The standard InChI is InChI=1S/C9H8F3N3/c10-9(11,12)3-5-2-8-6(1-7(5)13)4-14-15-8/h1-2,4H,3,13H2,(H,14,15). The molecule has 0 atom stereocenters. The molecule has 2 aromatic rings. The normalized spacial score (nSPS) is 12.2. The van der Waals surface area contributed by atoms with E-state index in [1.165, 1.54) is 18.3 Å². The first kappa shape index (κ1) is 9.82. The number of aromatic amines is 1. The van der Waals surface area contributed by atoms with E-state index in [1.54, 1.807) is 0 Å². The molecule has 0 amide bonds. The SMILES string of the molecule is Nc1cc2cn[nH]c2cc1CC(F)(F)F. The number of aromatic nitrogens is 2. The minimum absolute atomic E-state index is 0.0688. The highest BCUT2D eigenvalue weighted by Gasteiger charge is 2.28. The zero-order chi connectivity index (χ0) is 11.1. The predicted octanol–water partition coefficient (Wildman–Crippen LogP) is 2.25. The van der Waals surface area contributed by atoms with Crippen molar-refractivity contribution in [2.75, 3.05) is 5.73 Å². The van der Waals surface area contributed by atoms with Crippen molar-refractivity contribution in [3.63, 3.8) is 0 Å². The number of benzene rings is 1. The Kier molecular flexibility index (Phi) is 2.06. The molecule has 3 nitrogen and oxygen atoms in total. The van der Waals surface area contributed by atoms with Crippen LogP contribution in [0.3, 0.4) is 0 Å². The first-order valence-corrected chi connectivity index (χ1v) is 4.24. The lowest BCUT2D eigenvalue weighted by Crippen LogP contribution is -2.12. The molecule has 0 spiro atoms. The summed E-state index contributed by atoms with van der Waals surface area (Å²) in [5.74, 6) is 0. The molecule has 1 aromatic carbocycles. The summed E-state index contributed by atoms with van der Waals surface area (Å²) >= 11 is 0. The van der Waals surface area contributed by atoms with E-state index in [9.17, 15) is 13.2 Å². The van der Waals surface area contributed by atoms with E-state index in [-0.39, 0.29) is 11.3 Å². The molecule has 0 bridgehead atoms. The van der Waals surface area contributed by atoms with Crippen molar-refractivity contribution in [3.05, 3.63) is 23.9 Å². The Morgan fingerprint density at radius 1 is 1.33 bits per heavy atom. The van der Waals surface area contributed by atoms with Gasteiger partial charge in [-0.25, -0.2) is 0 Å². The fourth-order valence-corrected chi connectivity index (χ4v) is 1.42. The smallest absolute Gasteiger partial charge is 0.393 e. The summed E-state index contributed by atoms with van der Waals surface area (Å²) in [4.78, 5) is 0. The highest BCUT2D eigenvalue weighted by Crippen LogP contribution is 2.27. The highest BCUT2D eigenvalue weighted by molar-refractivity contribution is 5.83. The second kappa shape index (κ2) is 3.15. The van der Waals surface area contributed by atoms with Gasteiger partial charge in [0.05, 0.1) is 18.1 Å². The molecule has 0 aliphatic carbocycles. The Morgan fingerprint density at radius 2 is 2.07 bits per heavy atom. The molecule has 1 aromatic heterocycles. The van der Waals surface area contributed by atoms with Crippen molar-refractivity contribution in [1.82, 2.24) is 10.2 Å². The monoisotopic (exact) mass is 215 g/mol. The third-order valence-corrected chi connectivity index (χ3v) is 2.09. The van der Waals surface area contributed by atoms with Gasteiger partial charge < -0.3 is 5.73 Å². The lowest BCUT2D eigenvalue weighted by molar-refractivity contribution is -0.127. The molecular formula is C9H8F3N3. The largest absolute Gasteiger partial charge is 0.398 e. The topological polar surface area (TPSA) is 54.7 Å². The van der Waals surface area contributed by atoms with Gasteiger partial charge in [-0.05, 0) is 17.7 Å². The van der Waals surface area contributed by atoms with E-state index >= 15 is 0 Å². The molecular weight excluding hydrogens is 207 g/mol. The molecule has 0 radical (unpaired) electrons. The average Bonchev–Trinajstić information content (AvgIpc) is 2.49. The summed E-state index contributed by atoms with van der Waals surface area (Å²) in [5.41, 5.74) is 6.28. The Labute approximate surface area is 83.1 Å². The second-order valence-corrected chi connectivity index (χ2v) is 3.30. The number of nitrogens with one attached hydrogen (secondary N) is 1. The molecule has 1 heterocycles. The number of rotatable bonds is 1. The van der Waals surface area contributed by atoms with Crippen LogP contribution in [0.5, 0.6) is 0 Å². The number of hydrogen-bond donors (Lipinski definition) is 2. The van der Waals surface area contributed by atoms with Gasteiger partial charge in [-0.3, -0.25) is 5.10 Å². The van der Waals surface area contributed by atoms with Crippen LogP contribution in [-0.2, 0) is 6.42 Å². The van der Waals surface area contributed by atoms with Gasteiger partial charge >= 0.3 is 6.18 Å². The molecule has 15 heavy (non-hydrogen) atoms. The maximum Gasteiger partial charge on any atom is 0.393 e. The van der Waals surface area contributed by atoms with Crippen molar-refractivity contribution in [2.24, 2.45) is 0 Å². The van der Waals surface area contributed by atoms with Crippen LogP contribution in [0, 0.1) is 0 Å². The zero-order valence-electron chi connectivity index (χ0n) is 7.60. The summed E-state index contributed by atoms with van der Waals surface area (Å²) in [7, 11) is 0. The Hall–Kier alpha value is -1.72. The summed E-state index contributed by atoms with van der Waals surface area (Å²) in [5, 5.41) is 7.03. The van der Waals surface area contributed by atoms with Crippen LogP contribution in [-0.4, -0.2) is 16.4 Å². The number of anilines is 1. The number of nitrogen functional groups attached to an aromatic ring is 1. The van der Waals surface area contributed by atoms with Crippen LogP contribution < -0.4 is 5.73 Å². The van der Waals surface area contributed by atoms with Gasteiger partial charge in [-0.1, -0.05) is 0 Å². The number of hydrogen-bond acceptors (Lipinski definition) is 2. The molecule has 0 aliphatic rings. The molecule has 3 N–H and O–H groups in total. The predicted molar refractivity (Wildman–Crippen MR) is 50.3 cm³/mol. The Balaban J connectivity index is 2.46. The number of fused-ring (bicyclic) bond motifs is 1.